The van der Waals surface area contributed by atoms with Crippen LogP contribution >= 0.6 is 0 Å². The lowest BCUT2D eigenvalue weighted by Crippen LogP contribution is -2.29. The second-order valence-electron chi connectivity index (χ2n) is 5.39. The predicted octanol–water partition coefficient (Wildman–Crippen LogP) is 2.90. The molecule has 2 amide bonds. The maximum Gasteiger partial charge on any atom is 0.262 e. The molecular weight excluding hydrogens is 292 g/mol. The smallest absolute Gasteiger partial charge is 0.262 e. The molecule has 0 spiro atoms. The minimum atomic E-state index is -0.190. The van der Waals surface area contributed by atoms with E-state index in [0.29, 0.717) is 17.0 Å². The first kappa shape index (κ1) is 15.1. The Morgan fingerprint density at radius 3 is 2.78 bits per heavy atom. The number of ether oxygens (including phenoxy) is 1. The second kappa shape index (κ2) is 6.52. The van der Waals surface area contributed by atoms with Crippen molar-refractivity contribution in [3.63, 3.8) is 0 Å². The molecule has 0 radical (unpaired) electrons. The number of rotatable bonds is 4. The summed E-state index contributed by atoms with van der Waals surface area (Å²) in [6, 6.07) is 14.8. The van der Waals surface area contributed by atoms with Crippen molar-refractivity contribution in [1.29, 1.82) is 0 Å². The summed E-state index contributed by atoms with van der Waals surface area (Å²) in [6.45, 7) is 2.00. The number of benzene rings is 2. The second-order valence-corrected chi connectivity index (χ2v) is 5.39. The summed E-state index contributed by atoms with van der Waals surface area (Å²) in [5.41, 5.74) is 2.17. The zero-order chi connectivity index (χ0) is 16.2. The van der Waals surface area contributed by atoms with Gasteiger partial charge in [-0.2, -0.15) is 0 Å². The first-order chi connectivity index (χ1) is 11.2. The highest BCUT2D eigenvalue weighted by atomic mass is 16.5. The van der Waals surface area contributed by atoms with Crippen molar-refractivity contribution in [3.05, 3.63) is 59.7 Å². The number of carbonyl (C=O) groups excluding carboxylic acids is 2. The third kappa shape index (κ3) is 3.34. The third-order valence-electron chi connectivity index (χ3n) is 3.79. The van der Waals surface area contributed by atoms with E-state index < -0.39 is 0 Å². The van der Waals surface area contributed by atoms with E-state index in [9.17, 15) is 9.59 Å². The first-order valence-corrected chi connectivity index (χ1v) is 7.60. The number of anilines is 1. The number of fused-ring (bicyclic) bond motifs is 1. The molecule has 1 aliphatic heterocycles. The quantitative estimate of drug-likeness (QED) is 0.912. The van der Waals surface area contributed by atoms with Crippen LogP contribution in [0, 0.1) is 0 Å². The Labute approximate surface area is 134 Å². The molecule has 0 bridgehead atoms. The monoisotopic (exact) mass is 310 g/mol. The van der Waals surface area contributed by atoms with Gasteiger partial charge in [0.05, 0.1) is 11.7 Å². The Kier molecular flexibility index (Phi) is 4.28. The molecule has 3 rings (SSSR count). The highest BCUT2D eigenvalue weighted by molar-refractivity contribution is 5.99. The SMILES string of the molecule is CC[C@H](NC(=O)c1ccc2c(c1)OCC(=O)N2)c1ccccc1. The molecule has 0 saturated carbocycles. The normalized spacial score (nSPS) is 14.2. The lowest BCUT2D eigenvalue weighted by molar-refractivity contribution is -0.118. The van der Waals surface area contributed by atoms with Crippen LogP contribution < -0.4 is 15.4 Å². The van der Waals surface area contributed by atoms with Crippen molar-refractivity contribution in [2.24, 2.45) is 0 Å². The minimum Gasteiger partial charge on any atom is -0.482 e. The van der Waals surface area contributed by atoms with Crippen molar-refractivity contribution in [2.75, 3.05) is 11.9 Å². The molecule has 2 aromatic carbocycles. The van der Waals surface area contributed by atoms with Crippen LogP contribution in [0.15, 0.2) is 48.5 Å². The van der Waals surface area contributed by atoms with Crippen molar-refractivity contribution < 1.29 is 14.3 Å². The number of nitrogens with one attached hydrogen (secondary N) is 2. The van der Waals surface area contributed by atoms with Gasteiger partial charge in [0.1, 0.15) is 5.75 Å². The Morgan fingerprint density at radius 1 is 1.26 bits per heavy atom. The predicted molar refractivity (Wildman–Crippen MR) is 87.5 cm³/mol. The van der Waals surface area contributed by atoms with E-state index in [1.54, 1.807) is 18.2 Å². The molecule has 0 fully saturated rings. The van der Waals surface area contributed by atoms with Gasteiger partial charge in [0.15, 0.2) is 6.61 Å². The van der Waals surface area contributed by atoms with E-state index in [4.69, 9.17) is 4.74 Å². The van der Waals surface area contributed by atoms with Gasteiger partial charge in [-0.3, -0.25) is 9.59 Å². The van der Waals surface area contributed by atoms with Crippen molar-refractivity contribution in [2.45, 2.75) is 19.4 Å². The van der Waals surface area contributed by atoms with Crippen LogP contribution in [0.5, 0.6) is 5.75 Å². The Balaban J connectivity index is 1.77. The molecule has 118 valence electrons. The van der Waals surface area contributed by atoms with Gasteiger partial charge in [0, 0.05) is 5.56 Å². The van der Waals surface area contributed by atoms with Crippen LogP contribution in [0.1, 0.15) is 35.3 Å². The van der Waals surface area contributed by atoms with Gasteiger partial charge in [-0.15, -0.1) is 0 Å². The Bertz CT molecular complexity index is 728. The summed E-state index contributed by atoms with van der Waals surface area (Å²) in [5.74, 6) is 0.166. The molecule has 5 nitrogen and oxygen atoms in total. The molecule has 1 heterocycles. The molecule has 2 N–H and O–H groups in total. The number of hydrogen-bond donors (Lipinski definition) is 2. The van der Waals surface area contributed by atoms with Crippen LogP contribution in [0.2, 0.25) is 0 Å². The summed E-state index contributed by atoms with van der Waals surface area (Å²) in [6.07, 6.45) is 0.799. The molecule has 1 aliphatic rings. The van der Waals surface area contributed by atoms with Gasteiger partial charge in [0.25, 0.3) is 11.8 Å². The fourth-order valence-electron chi connectivity index (χ4n) is 2.56. The van der Waals surface area contributed by atoms with E-state index in [2.05, 4.69) is 10.6 Å². The maximum absolute atomic E-state index is 12.5. The third-order valence-corrected chi connectivity index (χ3v) is 3.79. The van der Waals surface area contributed by atoms with Gasteiger partial charge in [-0.25, -0.2) is 0 Å². The Hall–Kier alpha value is -2.82. The van der Waals surface area contributed by atoms with Crippen molar-refractivity contribution in [1.82, 2.24) is 5.32 Å². The zero-order valence-corrected chi connectivity index (χ0v) is 12.8. The van der Waals surface area contributed by atoms with E-state index in [-0.39, 0.29) is 24.5 Å². The number of hydrogen-bond acceptors (Lipinski definition) is 3. The van der Waals surface area contributed by atoms with Gasteiger partial charge in [-0.05, 0) is 30.2 Å². The average molecular weight is 310 g/mol. The lowest BCUT2D eigenvalue weighted by Gasteiger charge is -2.20. The molecule has 1 atom stereocenters. The van der Waals surface area contributed by atoms with Crippen LogP contribution in [-0.4, -0.2) is 18.4 Å². The van der Waals surface area contributed by atoms with E-state index >= 15 is 0 Å². The summed E-state index contributed by atoms with van der Waals surface area (Å²) < 4.78 is 5.35. The van der Waals surface area contributed by atoms with Gasteiger partial charge < -0.3 is 15.4 Å². The minimum absolute atomic E-state index is 0.0281. The van der Waals surface area contributed by atoms with Crippen molar-refractivity contribution in [3.8, 4) is 5.75 Å². The van der Waals surface area contributed by atoms with E-state index in [1.807, 2.05) is 37.3 Å². The van der Waals surface area contributed by atoms with E-state index in [0.717, 1.165) is 12.0 Å². The summed E-state index contributed by atoms with van der Waals surface area (Å²) in [4.78, 5) is 23.8. The van der Waals surface area contributed by atoms with Crippen LogP contribution in [-0.2, 0) is 4.79 Å². The lowest BCUT2D eigenvalue weighted by atomic mass is 10.0. The van der Waals surface area contributed by atoms with Gasteiger partial charge in [0.2, 0.25) is 0 Å². The molecule has 0 aromatic heterocycles. The van der Waals surface area contributed by atoms with E-state index in [1.165, 1.54) is 0 Å². The average Bonchev–Trinajstić information content (AvgIpc) is 2.59. The molecule has 0 aliphatic carbocycles. The zero-order valence-electron chi connectivity index (χ0n) is 12.8. The maximum atomic E-state index is 12.5. The van der Waals surface area contributed by atoms with Crippen molar-refractivity contribution >= 4 is 17.5 Å². The van der Waals surface area contributed by atoms with Crippen LogP contribution in [0.3, 0.4) is 0 Å². The molecule has 2 aromatic rings. The topological polar surface area (TPSA) is 67.4 Å². The highest BCUT2D eigenvalue weighted by Gasteiger charge is 2.19. The molecule has 0 unspecified atom stereocenters. The molecular formula is C18H18N2O3. The first-order valence-electron chi connectivity index (χ1n) is 7.60. The fraction of sp³-hybridized carbons (Fsp3) is 0.222. The molecule has 23 heavy (non-hydrogen) atoms. The molecule has 5 heteroatoms. The highest BCUT2D eigenvalue weighted by Crippen LogP contribution is 2.28. The number of amides is 2. The molecule has 0 saturated heterocycles. The largest absolute Gasteiger partial charge is 0.482 e. The number of carbonyl (C=O) groups is 2. The van der Waals surface area contributed by atoms with Crippen LogP contribution in [0.25, 0.3) is 0 Å². The summed E-state index contributed by atoms with van der Waals surface area (Å²) >= 11 is 0. The standard InChI is InChI=1S/C18H18N2O3/c1-2-14(12-6-4-3-5-7-12)20-18(22)13-8-9-15-16(10-13)23-11-17(21)19-15/h3-10,14H,2,11H2,1H3,(H,19,21)(H,20,22)/t14-/m0/s1. The van der Waals surface area contributed by atoms with Gasteiger partial charge >= 0.3 is 0 Å². The fourth-order valence-corrected chi connectivity index (χ4v) is 2.56. The summed E-state index contributed by atoms with van der Waals surface area (Å²) in [7, 11) is 0. The van der Waals surface area contributed by atoms with Gasteiger partial charge in [-0.1, -0.05) is 37.3 Å². The Morgan fingerprint density at radius 2 is 2.04 bits per heavy atom. The van der Waals surface area contributed by atoms with Crippen LogP contribution in [0.4, 0.5) is 5.69 Å². The summed E-state index contributed by atoms with van der Waals surface area (Å²) in [5, 5.41) is 5.74.